The largest absolute Gasteiger partial charge is 0.485 e. The lowest BCUT2D eigenvalue weighted by atomic mass is 9.91. The third kappa shape index (κ3) is 1.35. The Balaban J connectivity index is 2.24. The van der Waals surface area contributed by atoms with Crippen LogP contribution in [0.15, 0.2) is 12.1 Å². The van der Waals surface area contributed by atoms with Crippen LogP contribution in [0.1, 0.15) is 6.92 Å². The van der Waals surface area contributed by atoms with E-state index < -0.39 is 0 Å². The summed E-state index contributed by atoms with van der Waals surface area (Å²) in [6.07, 6.45) is 1.93. The minimum Gasteiger partial charge on any atom is -0.405 e. The molecule has 0 aromatic carbocycles. The topological polar surface area (TPSA) is 18.5 Å². The molecule has 0 unspecified atom stereocenters. The molecule has 44 valence electrons. The van der Waals surface area contributed by atoms with Crippen LogP contribution in [0.25, 0.3) is 0 Å². The molecule has 0 amide bonds. The Hall–Kier alpha value is -0.275. The van der Waals surface area contributed by atoms with Crippen LogP contribution in [-0.4, -0.2) is 20.3 Å². The first-order chi connectivity index (χ1) is 3.93. The highest BCUT2D eigenvalue weighted by Gasteiger charge is 2.18. The summed E-state index contributed by atoms with van der Waals surface area (Å²) in [4.78, 5) is 0. The van der Waals surface area contributed by atoms with Gasteiger partial charge in [-0.1, -0.05) is 12.1 Å². The molecule has 2 nitrogen and oxygen atoms in total. The molecule has 0 aromatic heterocycles. The smallest absolute Gasteiger partial charge is 0.405 e. The molecular formula is C5H9BO2. The quantitative estimate of drug-likeness (QED) is 0.463. The second-order valence-corrected chi connectivity index (χ2v) is 1.64. The Labute approximate surface area is 49.6 Å². The summed E-state index contributed by atoms with van der Waals surface area (Å²) in [6, 6.07) is 0. The number of rotatable bonds is 1. The molecule has 1 saturated heterocycles. The van der Waals surface area contributed by atoms with E-state index in [4.69, 9.17) is 9.31 Å². The van der Waals surface area contributed by atoms with E-state index in [1.165, 1.54) is 0 Å². The lowest BCUT2D eigenvalue weighted by molar-refractivity contribution is 0.365. The summed E-state index contributed by atoms with van der Waals surface area (Å²) >= 11 is 0. The van der Waals surface area contributed by atoms with Gasteiger partial charge in [-0.25, -0.2) is 0 Å². The van der Waals surface area contributed by atoms with Crippen LogP contribution in [0.3, 0.4) is 0 Å². The lowest BCUT2D eigenvalue weighted by Crippen LogP contribution is -2.09. The average molecular weight is 112 g/mol. The van der Waals surface area contributed by atoms with E-state index in [9.17, 15) is 0 Å². The standard InChI is InChI=1S/C5H9BO2/c1-2-3-6-7-4-5-8-6/h2-3H,4-5H2,1H3/b3-2+. The van der Waals surface area contributed by atoms with Crippen molar-refractivity contribution in [3.05, 3.63) is 12.1 Å². The fraction of sp³-hybridized carbons (Fsp3) is 0.600. The Morgan fingerprint density at radius 3 is 2.50 bits per heavy atom. The molecule has 8 heavy (non-hydrogen) atoms. The van der Waals surface area contributed by atoms with Crippen molar-refractivity contribution < 1.29 is 9.31 Å². The normalized spacial score (nSPS) is 20.9. The summed E-state index contributed by atoms with van der Waals surface area (Å²) in [5, 5.41) is 0. The number of hydrogen-bond donors (Lipinski definition) is 0. The van der Waals surface area contributed by atoms with E-state index in [0.29, 0.717) is 0 Å². The van der Waals surface area contributed by atoms with Gasteiger partial charge in [0.15, 0.2) is 0 Å². The molecule has 1 aliphatic rings. The van der Waals surface area contributed by atoms with Crippen LogP contribution in [0.5, 0.6) is 0 Å². The lowest BCUT2D eigenvalue weighted by Gasteiger charge is -1.91. The molecule has 3 heteroatoms. The van der Waals surface area contributed by atoms with Crippen LogP contribution in [-0.2, 0) is 9.31 Å². The van der Waals surface area contributed by atoms with Crippen LogP contribution < -0.4 is 0 Å². The summed E-state index contributed by atoms with van der Waals surface area (Å²) in [5.74, 6) is 1.90. The van der Waals surface area contributed by atoms with E-state index in [2.05, 4.69) is 0 Å². The molecular weight excluding hydrogens is 103 g/mol. The van der Waals surface area contributed by atoms with E-state index in [1.54, 1.807) is 0 Å². The first-order valence-corrected chi connectivity index (χ1v) is 2.79. The van der Waals surface area contributed by atoms with Crippen molar-refractivity contribution >= 4 is 7.12 Å². The summed E-state index contributed by atoms with van der Waals surface area (Å²) in [5.41, 5.74) is 0. The highest BCUT2D eigenvalue weighted by atomic mass is 16.6. The van der Waals surface area contributed by atoms with Gasteiger partial charge in [0.2, 0.25) is 0 Å². The Morgan fingerprint density at radius 2 is 2.00 bits per heavy atom. The molecule has 0 atom stereocenters. The molecule has 1 fully saturated rings. The summed E-state index contributed by atoms with van der Waals surface area (Å²) < 4.78 is 10.2. The molecule has 0 spiro atoms. The maximum atomic E-state index is 5.08. The zero-order chi connectivity index (χ0) is 5.82. The van der Waals surface area contributed by atoms with Gasteiger partial charge >= 0.3 is 7.12 Å². The predicted octanol–water partition coefficient (Wildman–Crippen LogP) is 0.637. The molecule has 1 heterocycles. The average Bonchev–Trinajstić information content (AvgIpc) is 2.19. The van der Waals surface area contributed by atoms with Gasteiger partial charge in [0.05, 0.1) is 13.2 Å². The zero-order valence-corrected chi connectivity index (χ0v) is 4.96. The van der Waals surface area contributed by atoms with Gasteiger partial charge in [0, 0.05) is 0 Å². The second kappa shape index (κ2) is 2.90. The van der Waals surface area contributed by atoms with Crippen molar-refractivity contribution in [1.82, 2.24) is 0 Å². The van der Waals surface area contributed by atoms with Crippen molar-refractivity contribution in [3.63, 3.8) is 0 Å². The molecule has 0 saturated carbocycles. The SMILES string of the molecule is C/C=C/B1OCCO1. The molecule has 0 N–H and O–H groups in total. The summed E-state index contributed by atoms with van der Waals surface area (Å²) in [6.45, 7) is 3.41. The van der Waals surface area contributed by atoms with Crippen molar-refractivity contribution in [2.45, 2.75) is 6.92 Å². The minimum absolute atomic E-state index is 0.0694. The highest BCUT2D eigenvalue weighted by Crippen LogP contribution is 1.98. The highest BCUT2D eigenvalue weighted by molar-refractivity contribution is 6.51. The summed E-state index contributed by atoms with van der Waals surface area (Å²) in [7, 11) is -0.0694. The maximum absolute atomic E-state index is 5.08. The number of allylic oxidation sites excluding steroid dienone is 1. The van der Waals surface area contributed by atoms with E-state index in [1.807, 2.05) is 19.0 Å². The fourth-order valence-electron chi connectivity index (χ4n) is 0.645. The predicted molar refractivity (Wildman–Crippen MR) is 32.5 cm³/mol. The first-order valence-electron chi connectivity index (χ1n) is 2.79. The van der Waals surface area contributed by atoms with Crippen molar-refractivity contribution in [2.24, 2.45) is 0 Å². The van der Waals surface area contributed by atoms with Crippen LogP contribution in [0, 0.1) is 0 Å². The van der Waals surface area contributed by atoms with E-state index in [-0.39, 0.29) is 7.12 Å². The minimum atomic E-state index is -0.0694. The monoisotopic (exact) mass is 112 g/mol. The maximum Gasteiger partial charge on any atom is 0.485 e. The molecule has 1 aliphatic heterocycles. The van der Waals surface area contributed by atoms with Gasteiger partial charge in [-0.15, -0.1) is 0 Å². The molecule has 1 rings (SSSR count). The van der Waals surface area contributed by atoms with Crippen LogP contribution >= 0.6 is 0 Å². The van der Waals surface area contributed by atoms with Gasteiger partial charge < -0.3 is 9.31 Å². The fourth-order valence-corrected chi connectivity index (χ4v) is 0.645. The van der Waals surface area contributed by atoms with Crippen molar-refractivity contribution in [1.29, 1.82) is 0 Å². The third-order valence-corrected chi connectivity index (χ3v) is 0.997. The van der Waals surface area contributed by atoms with E-state index in [0.717, 1.165) is 13.2 Å². The Bertz CT molecular complexity index is 86.4. The van der Waals surface area contributed by atoms with Crippen LogP contribution in [0.2, 0.25) is 0 Å². The van der Waals surface area contributed by atoms with Gasteiger partial charge in [-0.3, -0.25) is 0 Å². The zero-order valence-electron chi connectivity index (χ0n) is 4.96. The van der Waals surface area contributed by atoms with Gasteiger partial charge in [-0.2, -0.15) is 0 Å². The second-order valence-electron chi connectivity index (χ2n) is 1.64. The van der Waals surface area contributed by atoms with E-state index >= 15 is 0 Å². The first kappa shape index (κ1) is 5.85. The molecule has 0 aliphatic carbocycles. The Kier molecular flexibility index (Phi) is 2.12. The van der Waals surface area contributed by atoms with Gasteiger partial charge in [0.25, 0.3) is 0 Å². The molecule has 0 radical (unpaired) electrons. The van der Waals surface area contributed by atoms with Gasteiger partial charge in [0.1, 0.15) is 0 Å². The number of hydrogen-bond acceptors (Lipinski definition) is 2. The van der Waals surface area contributed by atoms with Crippen LogP contribution in [0.4, 0.5) is 0 Å². The Morgan fingerprint density at radius 1 is 1.38 bits per heavy atom. The van der Waals surface area contributed by atoms with Gasteiger partial charge in [-0.05, 0) is 6.92 Å². The van der Waals surface area contributed by atoms with Crippen molar-refractivity contribution in [3.8, 4) is 0 Å². The third-order valence-electron chi connectivity index (χ3n) is 0.997. The van der Waals surface area contributed by atoms with Crippen molar-refractivity contribution in [2.75, 3.05) is 13.2 Å². The molecule has 0 aromatic rings. The molecule has 0 bridgehead atoms.